The van der Waals surface area contributed by atoms with Gasteiger partial charge in [0.1, 0.15) is 0 Å². The molecule has 0 bridgehead atoms. The fraction of sp³-hybridized carbons (Fsp3) is 0.500. The second-order valence-corrected chi connectivity index (χ2v) is 10.1. The van der Waals surface area contributed by atoms with Gasteiger partial charge in [-0.2, -0.15) is 0 Å². The van der Waals surface area contributed by atoms with Crippen molar-refractivity contribution in [2.45, 2.75) is 78.1 Å². The van der Waals surface area contributed by atoms with Gasteiger partial charge in [-0.25, -0.2) is 0 Å². The Morgan fingerprint density at radius 1 is 0.630 bits per heavy atom. The third-order valence-corrected chi connectivity index (χ3v) is 8.16. The van der Waals surface area contributed by atoms with Crippen molar-refractivity contribution in [3.63, 3.8) is 0 Å². The lowest BCUT2D eigenvalue weighted by Gasteiger charge is -1.91. The van der Waals surface area contributed by atoms with Crippen LogP contribution in [0.4, 0.5) is 0 Å². The van der Waals surface area contributed by atoms with E-state index in [-0.39, 0.29) is 0 Å². The minimum absolute atomic E-state index is 1.03. The van der Waals surface area contributed by atoms with Gasteiger partial charge >= 0.3 is 0 Å². The maximum absolute atomic E-state index is 3.38. The predicted octanol–water partition coefficient (Wildman–Crippen LogP) is 8.82. The van der Waals surface area contributed by atoms with Gasteiger partial charge in [-0.3, -0.25) is 0 Å². The SMILES string of the molecule is CCCCCCC#Cc1cc2sc3cc(C#CCCCCCC)sc3c2s1. The van der Waals surface area contributed by atoms with Crippen LogP contribution in [0.3, 0.4) is 0 Å². The molecule has 142 valence electrons. The van der Waals surface area contributed by atoms with Crippen molar-refractivity contribution in [3.05, 3.63) is 21.9 Å². The molecule has 3 heteroatoms. The lowest BCUT2D eigenvalue weighted by molar-refractivity contribution is 0.679. The van der Waals surface area contributed by atoms with Gasteiger partial charge in [0.05, 0.1) is 19.2 Å². The zero-order valence-corrected chi connectivity index (χ0v) is 18.9. The molecule has 0 spiro atoms. The van der Waals surface area contributed by atoms with Crippen LogP contribution in [0.2, 0.25) is 0 Å². The van der Waals surface area contributed by atoms with Crippen molar-refractivity contribution in [1.29, 1.82) is 0 Å². The lowest BCUT2D eigenvalue weighted by atomic mass is 10.2. The van der Waals surface area contributed by atoms with E-state index in [1.165, 1.54) is 79.9 Å². The Morgan fingerprint density at radius 2 is 1.11 bits per heavy atom. The van der Waals surface area contributed by atoms with Crippen molar-refractivity contribution in [3.8, 4) is 23.7 Å². The van der Waals surface area contributed by atoms with E-state index in [0.29, 0.717) is 0 Å². The first-order valence-electron chi connectivity index (χ1n) is 10.3. The number of rotatable bonds is 8. The Hall–Kier alpha value is -1.26. The Balaban J connectivity index is 1.63. The summed E-state index contributed by atoms with van der Waals surface area (Å²) in [6.45, 7) is 4.50. The molecule has 0 saturated carbocycles. The van der Waals surface area contributed by atoms with Crippen LogP contribution in [0.15, 0.2) is 12.1 Å². The fourth-order valence-electron chi connectivity index (χ4n) is 3.04. The number of fused-ring (bicyclic) bond motifs is 3. The van der Waals surface area contributed by atoms with Crippen LogP contribution in [-0.2, 0) is 0 Å². The minimum Gasteiger partial charge on any atom is -0.133 e. The quantitative estimate of drug-likeness (QED) is 0.256. The van der Waals surface area contributed by atoms with Gasteiger partial charge in [0.2, 0.25) is 0 Å². The first-order valence-corrected chi connectivity index (χ1v) is 12.7. The average Bonchev–Trinajstić information content (AvgIpc) is 3.31. The highest BCUT2D eigenvalue weighted by Crippen LogP contribution is 2.43. The molecule has 0 amide bonds. The molecule has 27 heavy (non-hydrogen) atoms. The van der Waals surface area contributed by atoms with Gasteiger partial charge in [0.15, 0.2) is 0 Å². The molecule has 0 atom stereocenters. The molecule has 0 nitrogen and oxygen atoms in total. The summed E-state index contributed by atoms with van der Waals surface area (Å²) in [7, 11) is 0. The Labute approximate surface area is 176 Å². The molecule has 0 aliphatic heterocycles. The van der Waals surface area contributed by atoms with E-state index in [0.717, 1.165) is 12.8 Å². The standard InChI is InChI=1S/C24H28S3/c1-3-5-7-9-11-13-15-19-17-21-23(25-19)24-22(27-21)18-20(26-24)16-14-12-10-8-6-4-2/h17-18H,3-12H2,1-2H3. The van der Waals surface area contributed by atoms with Crippen LogP contribution >= 0.6 is 34.0 Å². The van der Waals surface area contributed by atoms with E-state index in [4.69, 9.17) is 0 Å². The third kappa shape index (κ3) is 5.86. The Kier molecular flexibility index (Phi) is 8.28. The molecular formula is C24H28S3. The fourth-order valence-corrected chi connectivity index (χ4v) is 6.81. The van der Waals surface area contributed by atoms with Crippen molar-refractivity contribution in [2.24, 2.45) is 0 Å². The number of unbranched alkanes of at least 4 members (excludes halogenated alkanes) is 8. The molecule has 0 unspecified atom stereocenters. The van der Waals surface area contributed by atoms with E-state index in [1.807, 2.05) is 34.0 Å². The van der Waals surface area contributed by atoms with Crippen molar-refractivity contribution < 1.29 is 0 Å². The summed E-state index contributed by atoms with van der Waals surface area (Å²) < 4.78 is 5.59. The number of hydrogen-bond acceptors (Lipinski definition) is 3. The predicted molar refractivity (Wildman–Crippen MR) is 126 cm³/mol. The van der Waals surface area contributed by atoms with Crippen LogP contribution in [0.5, 0.6) is 0 Å². The van der Waals surface area contributed by atoms with E-state index in [1.54, 1.807) is 0 Å². The smallest absolute Gasteiger partial charge is 0.0789 e. The molecule has 3 aromatic rings. The van der Waals surface area contributed by atoms with Gasteiger partial charge in [-0.1, -0.05) is 76.1 Å². The Bertz CT molecular complexity index is 896. The van der Waals surface area contributed by atoms with Crippen molar-refractivity contribution in [1.82, 2.24) is 0 Å². The van der Waals surface area contributed by atoms with Crippen LogP contribution in [0.25, 0.3) is 18.8 Å². The summed E-state index contributed by atoms with van der Waals surface area (Å²) in [4.78, 5) is 2.43. The van der Waals surface area contributed by atoms with Crippen molar-refractivity contribution >= 4 is 52.8 Å². The first kappa shape index (κ1) is 20.5. The topological polar surface area (TPSA) is 0 Å². The Morgan fingerprint density at radius 3 is 1.56 bits per heavy atom. The van der Waals surface area contributed by atoms with Crippen LogP contribution < -0.4 is 0 Å². The molecule has 0 fully saturated rings. The molecule has 3 aromatic heterocycles. The summed E-state index contributed by atoms with van der Waals surface area (Å²) in [5.41, 5.74) is 0. The summed E-state index contributed by atoms with van der Waals surface area (Å²) in [6, 6.07) is 4.55. The molecule has 3 rings (SSSR count). The van der Waals surface area contributed by atoms with E-state index in [9.17, 15) is 0 Å². The molecule has 0 aliphatic rings. The van der Waals surface area contributed by atoms with E-state index < -0.39 is 0 Å². The zero-order chi connectivity index (χ0) is 18.9. The number of thiophene rings is 3. The second-order valence-electron chi connectivity index (χ2n) is 6.93. The van der Waals surface area contributed by atoms with Crippen LogP contribution in [0.1, 0.15) is 87.8 Å². The highest BCUT2D eigenvalue weighted by atomic mass is 32.1. The molecule has 0 aliphatic carbocycles. The van der Waals surface area contributed by atoms with Gasteiger partial charge in [-0.05, 0) is 25.0 Å². The normalized spacial score (nSPS) is 10.7. The minimum atomic E-state index is 1.03. The molecule has 0 saturated heterocycles. The highest BCUT2D eigenvalue weighted by molar-refractivity contribution is 7.38. The third-order valence-electron chi connectivity index (χ3n) is 4.56. The summed E-state index contributed by atoms with van der Waals surface area (Å²) >= 11 is 5.59. The molecule has 0 aromatic carbocycles. The van der Waals surface area contributed by atoms with Gasteiger partial charge in [0, 0.05) is 22.2 Å². The summed E-state index contributed by atoms with van der Waals surface area (Å²) in [5, 5.41) is 0. The molecular weight excluding hydrogens is 384 g/mol. The molecule has 3 heterocycles. The van der Waals surface area contributed by atoms with Gasteiger partial charge in [0.25, 0.3) is 0 Å². The largest absolute Gasteiger partial charge is 0.133 e. The second kappa shape index (κ2) is 10.9. The zero-order valence-electron chi connectivity index (χ0n) is 16.5. The molecule has 0 N–H and O–H groups in total. The van der Waals surface area contributed by atoms with E-state index in [2.05, 4.69) is 49.7 Å². The van der Waals surface area contributed by atoms with Crippen molar-refractivity contribution in [2.75, 3.05) is 0 Å². The van der Waals surface area contributed by atoms with Crippen LogP contribution in [-0.4, -0.2) is 0 Å². The monoisotopic (exact) mass is 412 g/mol. The average molecular weight is 413 g/mol. The molecule has 0 radical (unpaired) electrons. The van der Waals surface area contributed by atoms with Gasteiger partial charge < -0.3 is 0 Å². The summed E-state index contributed by atoms with van der Waals surface area (Å²) in [6.07, 6.45) is 12.4. The summed E-state index contributed by atoms with van der Waals surface area (Å²) in [5.74, 6) is 13.5. The maximum Gasteiger partial charge on any atom is 0.0789 e. The lowest BCUT2D eigenvalue weighted by Crippen LogP contribution is -1.73. The van der Waals surface area contributed by atoms with Crippen LogP contribution in [0, 0.1) is 23.7 Å². The van der Waals surface area contributed by atoms with Gasteiger partial charge in [-0.15, -0.1) is 34.0 Å². The highest BCUT2D eigenvalue weighted by Gasteiger charge is 2.11. The van der Waals surface area contributed by atoms with E-state index >= 15 is 0 Å². The first-order chi connectivity index (χ1) is 13.3. The maximum atomic E-state index is 3.38. The number of hydrogen-bond donors (Lipinski definition) is 0.